The van der Waals surface area contributed by atoms with E-state index in [1.807, 2.05) is 6.07 Å². The van der Waals surface area contributed by atoms with E-state index in [1.165, 1.54) is 6.07 Å². The molecule has 2 saturated heterocycles. The van der Waals surface area contributed by atoms with E-state index in [0.717, 1.165) is 45.9 Å². The van der Waals surface area contributed by atoms with Gasteiger partial charge in [-0.3, -0.25) is 14.6 Å². The van der Waals surface area contributed by atoms with Gasteiger partial charge in [0.25, 0.3) is 0 Å². The van der Waals surface area contributed by atoms with Crippen molar-refractivity contribution >= 4 is 5.91 Å². The Morgan fingerprint density at radius 3 is 2.27 bits per heavy atom. The first-order valence-corrected chi connectivity index (χ1v) is 9.34. The number of ether oxygens (including phenoxy) is 2. The summed E-state index contributed by atoms with van der Waals surface area (Å²) in [4.78, 5) is 19.1. The van der Waals surface area contributed by atoms with Crippen molar-refractivity contribution in [2.75, 3.05) is 72.2 Å². The fourth-order valence-electron chi connectivity index (χ4n) is 3.26. The third-order valence-electron chi connectivity index (χ3n) is 4.92. The fourth-order valence-corrected chi connectivity index (χ4v) is 3.26. The van der Waals surface area contributed by atoms with Gasteiger partial charge in [0.15, 0.2) is 0 Å². The summed E-state index contributed by atoms with van der Waals surface area (Å²) >= 11 is 0. The van der Waals surface area contributed by atoms with Gasteiger partial charge in [-0.15, -0.1) is 0 Å². The topological polar surface area (TPSA) is 45.2 Å². The second-order valence-electron chi connectivity index (χ2n) is 6.75. The number of halogens is 1. The molecule has 0 spiro atoms. The van der Waals surface area contributed by atoms with Gasteiger partial charge in [-0.05, 0) is 6.07 Å². The van der Waals surface area contributed by atoms with Gasteiger partial charge in [-0.1, -0.05) is 18.2 Å². The highest BCUT2D eigenvalue weighted by Crippen LogP contribution is 2.11. The molecule has 0 radical (unpaired) electrons. The number of carbonyl (C=O) groups is 1. The Hall–Kier alpha value is -1.54. The van der Waals surface area contributed by atoms with E-state index < -0.39 is 0 Å². The van der Waals surface area contributed by atoms with Crippen LogP contribution in [0.3, 0.4) is 0 Å². The number of benzene rings is 1. The molecular weight excluding hydrogens is 337 g/mol. The third kappa shape index (κ3) is 5.74. The van der Waals surface area contributed by atoms with Crippen LogP contribution < -0.4 is 0 Å². The SMILES string of the molecule is O=C(CN1CCOCC1)N(CCN1CCOCC1)Cc1ccccc1F. The molecule has 1 amide bonds. The Morgan fingerprint density at radius 2 is 1.62 bits per heavy atom. The molecule has 0 atom stereocenters. The number of rotatable bonds is 7. The van der Waals surface area contributed by atoms with Gasteiger partial charge in [0.2, 0.25) is 5.91 Å². The van der Waals surface area contributed by atoms with Gasteiger partial charge in [0.1, 0.15) is 5.82 Å². The molecule has 3 rings (SSSR count). The largest absolute Gasteiger partial charge is 0.379 e. The second-order valence-corrected chi connectivity index (χ2v) is 6.75. The maximum absolute atomic E-state index is 14.1. The number of hydrogen-bond acceptors (Lipinski definition) is 5. The monoisotopic (exact) mass is 365 g/mol. The predicted molar refractivity (Wildman–Crippen MR) is 96.3 cm³/mol. The first-order valence-electron chi connectivity index (χ1n) is 9.34. The average molecular weight is 365 g/mol. The minimum atomic E-state index is -0.261. The number of morpholine rings is 2. The third-order valence-corrected chi connectivity index (χ3v) is 4.92. The van der Waals surface area contributed by atoms with Crippen molar-refractivity contribution in [2.24, 2.45) is 0 Å². The van der Waals surface area contributed by atoms with Crippen LogP contribution in [0.5, 0.6) is 0 Å². The first kappa shape index (κ1) is 19.2. The molecule has 1 aromatic rings. The van der Waals surface area contributed by atoms with Crippen molar-refractivity contribution in [3.05, 3.63) is 35.6 Å². The highest BCUT2D eigenvalue weighted by atomic mass is 19.1. The van der Waals surface area contributed by atoms with Crippen LogP contribution in [-0.4, -0.2) is 92.8 Å². The van der Waals surface area contributed by atoms with Gasteiger partial charge >= 0.3 is 0 Å². The highest BCUT2D eigenvalue weighted by Gasteiger charge is 2.21. The maximum atomic E-state index is 14.1. The van der Waals surface area contributed by atoms with Crippen molar-refractivity contribution in [1.82, 2.24) is 14.7 Å². The van der Waals surface area contributed by atoms with Gasteiger partial charge < -0.3 is 14.4 Å². The van der Waals surface area contributed by atoms with Crippen LogP contribution >= 0.6 is 0 Å². The van der Waals surface area contributed by atoms with Crippen LogP contribution in [0.15, 0.2) is 24.3 Å². The zero-order valence-electron chi connectivity index (χ0n) is 15.2. The Morgan fingerprint density at radius 1 is 1.00 bits per heavy atom. The lowest BCUT2D eigenvalue weighted by Crippen LogP contribution is -2.47. The van der Waals surface area contributed by atoms with Crippen molar-refractivity contribution in [1.29, 1.82) is 0 Å². The lowest BCUT2D eigenvalue weighted by atomic mass is 10.2. The Balaban J connectivity index is 1.61. The first-order chi connectivity index (χ1) is 12.7. The quantitative estimate of drug-likeness (QED) is 0.716. The summed E-state index contributed by atoms with van der Waals surface area (Å²) in [6.45, 7) is 8.12. The molecular formula is C19H28FN3O3. The number of carbonyl (C=O) groups excluding carboxylic acids is 1. The normalized spacial score (nSPS) is 19.4. The lowest BCUT2D eigenvalue weighted by Gasteiger charge is -2.32. The molecule has 0 unspecified atom stereocenters. The van der Waals surface area contributed by atoms with Crippen molar-refractivity contribution in [2.45, 2.75) is 6.54 Å². The lowest BCUT2D eigenvalue weighted by molar-refractivity contribution is -0.134. The molecule has 2 fully saturated rings. The van der Waals surface area contributed by atoms with E-state index in [4.69, 9.17) is 9.47 Å². The van der Waals surface area contributed by atoms with Gasteiger partial charge in [0.05, 0.1) is 33.0 Å². The summed E-state index contributed by atoms with van der Waals surface area (Å²) in [7, 11) is 0. The molecule has 1 aromatic carbocycles. The molecule has 0 bridgehead atoms. The van der Waals surface area contributed by atoms with Gasteiger partial charge in [-0.25, -0.2) is 4.39 Å². The minimum Gasteiger partial charge on any atom is -0.379 e. The zero-order valence-corrected chi connectivity index (χ0v) is 15.2. The maximum Gasteiger partial charge on any atom is 0.237 e. The molecule has 0 saturated carbocycles. The summed E-state index contributed by atoms with van der Waals surface area (Å²) in [5.74, 6) is -0.216. The summed E-state index contributed by atoms with van der Waals surface area (Å²) in [5, 5.41) is 0. The summed E-state index contributed by atoms with van der Waals surface area (Å²) < 4.78 is 24.8. The Kier molecular flexibility index (Phi) is 7.37. The Labute approximate surface area is 154 Å². The average Bonchev–Trinajstić information content (AvgIpc) is 2.68. The van der Waals surface area contributed by atoms with Crippen molar-refractivity contribution in [3.63, 3.8) is 0 Å². The molecule has 6 nitrogen and oxygen atoms in total. The van der Waals surface area contributed by atoms with Crippen molar-refractivity contribution in [3.8, 4) is 0 Å². The van der Waals surface area contributed by atoms with E-state index in [-0.39, 0.29) is 11.7 Å². The fraction of sp³-hybridized carbons (Fsp3) is 0.632. The number of amides is 1. The van der Waals surface area contributed by atoms with E-state index >= 15 is 0 Å². The molecule has 2 heterocycles. The van der Waals surface area contributed by atoms with Crippen LogP contribution in [0, 0.1) is 5.82 Å². The number of nitrogens with zero attached hydrogens (tertiary/aromatic N) is 3. The van der Waals surface area contributed by atoms with E-state index in [2.05, 4.69) is 9.80 Å². The Bertz CT molecular complexity index is 575. The second kappa shape index (κ2) is 9.97. The van der Waals surface area contributed by atoms with E-state index in [0.29, 0.717) is 38.4 Å². The van der Waals surface area contributed by atoms with Crippen LogP contribution in [-0.2, 0) is 20.8 Å². The standard InChI is InChI=1S/C19H28FN3O3/c20-18-4-2-1-3-17(18)15-23(6-5-21-7-11-25-12-8-21)19(24)16-22-9-13-26-14-10-22/h1-4H,5-16H2. The van der Waals surface area contributed by atoms with E-state index in [9.17, 15) is 9.18 Å². The van der Waals surface area contributed by atoms with Crippen LogP contribution in [0.1, 0.15) is 5.56 Å². The molecule has 26 heavy (non-hydrogen) atoms. The number of hydrogen-bond donors (Lipinski definition) is 0. The van der Waals surface area contributed by atoms with Gasteiger partial charge in [-0.2, -0.15) is 0 Å². The van der Waals surface area contributed by atoms with Crippen LogP contribution in [0.4, 0.5) is 4.39 Å². The smallest absolute Gasteiger partial charge is 0.237 e. The molecule has 144 valence electrons. The molecule has 7 heteroatoms. The molecule has 0 aromatic heterocycles. The van der Waals surface area contributed by atoms with Gasteiger partial charge in [0, 0.05) is 51.4 Å². The molecule has 0 aliphatic carbocycles. The molecule has 2 aliphatic heterocycles. The molecule has 2 aliphatic rings. The summed E-state index contributed by atoms with van der Waals surface area (Å²) in [6, 6.07) is 6.68. The summed E-state index contributed by atoms with van der Waals surface area (Å²) in [5.41, 5.74) is 0.560. The highest BCUT2D eigenvalue weighted by molar-refractivity contribution is 5.78. The van der Waals surface area contributed by atoms with Crippen LogP contribution in [0.2, 0.25) is 0 Å². The molecule has 0 N–H and O–H groups in total. The van der Waals surface area contributed by atoms with E-state index in [1.54, 1.807) is 17.0 Å². The predicted octanol–water partition coefficient (Wildman–Crippen LogP) is 0.819. The summed E-state index contributed by atoms with van der Waals surface area (Å²) in [6.07, 6.45) is 0. The zero-order chi connectivity index (χ0) is 18.2. The van der Waals surface area contributed by atoms with Crippen molar-refractivity contribution < 1.29 is 18.7 Å². The minimum absolute atomic E-state index is 0.0448. The van der Waals surface area contributed by atoms with Crippen LogP contribution in [0.25, 0.3) is 0 Å².